The van der Waals surface area contributed by atoms with E-state index >= 15 is 0 Å². The fraction of sp³-hybridized carbons (Fsp3) is 0.143. The number of rotatable bonds is 0. The van der Waals surface area contributed by atoms with Crippen LogP contribution in [-0.4, -0.2) is 18.6 Å². The summed E-state index contributed by atoms with van der Waals surface area (Å²) in [6, 6.07) is 0.974. The van der Waals surface area contributed by atoms with Crippen molar-refractivity contribution in [1.82, 2.24) is 0 Å². The van der Waals surface area contributed by atoms with E-state index in [1.807, 2.05) is 0 Å². The van der Waals surface area contributed by atoms with E-state index in [1.165, 1.54) is 6.92 Å². The van der Waals surface area contributed by atoms with Crippen molar-refractivity contribution in [1.29, 1.82) is 0 Å². The standard InChI is InChI=1S/C7H6O6S/c1-3-6(9)4(8)2-5-7(3)13-14(10,11)12-5/h2,8-9H,1H3. The molecule has 1 aromatic rings. The number of aromatic hydroxyl groups is 2. The quantitative estimate of drug-likeness (QED) is 0.613. The lowest BCUT2D eigenvalue weighted by molar-refractivity contribution is 0.398. The largest absolute Gasteiger partial charge is 0.504 e. The summed E-state index contributed by atoms with van der Waals surface area (Å²) in [5, 5.41) is 18.4. The predicted octanol–water partition coefficient (Wildman–Crippen LogP) is 0.422. The van der Waals surface area contributed by atoms with Gasteiger partial charge in [0.25, 0.3) is 0 Å². The van der Waals surface area contributed by atoms with Gasteiger partial charge in [-0.05, 0) is 6.92 Å². The van der Waals surface area contributed by atoms with Crippen molar-refractivity contribution < 1.29 is 27.0 Å². The van der Waals surface area contributed by atoms with Crippen molar-refractivity contribution >= 4 is 10.4 Å². The molecule has 2 N–H and O–H groups in total. The molecule has 0 amide bonds. The zero-order valence-electron chi connectivity index (χ0n) is 7.01. The number of hydrogen-bond donors (Lipinski definition) is 2. The van der Waals surface area contributed by atoms with Crippen LogP contribution in [-0.2, 0) is 10.4 Å². The van der Waals surface area contributed by atoms with Crippen LogP contribution in [0.25, 0.3) is 0 Å². The normalized spacial score (nSPS) is 16.9. The van der Waals surface area contributed by atoms with Gasteiger partial charge in [-0.15, -0.1) is 8.42 Å². The summed E-state index contributed by atoms with van der Waals surface area (Å²) in [6.07, 6.45) is 0. The van der Waals surface area contributed by atoms with Crippen LogP contribution in [0.1, 0.15) is 5.56 Å². The van der Waals surface area contributed by atoms with Crippen molar-refractivity contribution in [3.05, 3.63) is 11.6 Å². The Bertz CT molecular complexity index is 503. The molecule has 14 heavy (non-hydrogen) atoms. The van der Waals surface area contributed by atoms with Crippen LogP contribution >= 0.6 is 0 Å². The van der Waals surface area contributed by atoms with Crippen molar-refractivity contribution in [2.24, 2.45) is 0 Å². The Kier molecular flexibility index (Phi) is 1.56. The van der Waals surface area contributed by atoms with E-state index in [2.05, 4.69) is 8.37 Å². The molecule has 76 valence electrons. The number of phenolic OH excluding ortho intramolecular Hbond substituents is 2. The first-order chi connectivity index (χ1) is 6.41. The molecule has 1 aromatic carbocycles. The van der Waals surface area contributed by atoms with Crippen LogP contribution < -0.4 is 8.37 Å². The molecule has 0 saturated carbocycles. The average Bonchev–Trinajstić information content (AvgIpc) is 2.37. The molecular weight excluding hydrogens is 212 g/mol. The smallest absolute Gasteiger partial charge is 0.501 e. The van der Waals surface area contributed by atoms with Gasteiger partial charge in [0.1, 0.15) is 0 Å². The molecule has 0 aromatic heterocycles. The summed E-state index contributed by atoms with van der Waals surface area (Å²) >= 11 is 0. The molecule has 0 spiro atoms. The summed E-state index contributed by atoms with van der Waals surface area (Å²) < 4.78 is 30.5. The van der Waals surface area contributed by atoms with E-state index in [9.17, 15) is 13.5 Å². The topological polar surface area (TPSA) is 93.1 Å². The van der Waals surface area contributed by atoms with Gasteiger partial charge >= 0.3 is 10.4 Å². The summed E-state index contributed by atoms with van der Waals surface area (Å²) in [5.74, 6) is -1.11. The molecule has 6 nitrogen and oxygen atoms in total. The molecule has 0 atom stereocenters. The highest BCUT2D eigenvalue weighted by atomic mass is 32.3. The zero-order chi connectivity index (χ0) is 10.5. The SMILES string of the molecule is Cc1c(O)c(O)cc2c1OS(=O)(=O)O2. The van der Waals surface area contributed by atoms with Gasteiger partial charge in [0.05, 0.1) is 0 Å². The van der Waals surface area contributed by atoms with Crippen LogP contribution in [0.5, 0.6) is 23.0 Å². The minimum absolute atomic E-state index is 0.0969. The molecule has 0 aliphatic carbocycles. The maximum atomic E-state index is 10.9. The Morgan fingerprint density at radius 1 is 1.29 bits per heavy atom. The Morgan fingerprint density at radius 3 is 2.57 bits per heavy atom. The van der Waals surface area contributed by atoms with E-state index in [0.717, 1.165) is 6.07 Å². The van der Waals surface area contributed by atoms with Crippen LogP contribution in [0, 0.1) is 6.92 Å². The maximum absolute atomic E-state index is 10.9. The summed E-state index contributed by atoms with van der Waals surface area (Å²) in [4.78, 5) is 0. The molecule has 2 rings (SSSR count). The zero-order valence-corrected chi connectivity index (χ0v) is 7.83. The van der Waals surface area contributed by atoms with Gasteiger partial charge in [0.2, 0.25) is 0 Å². The van der Waals surface area contributed by atoms with Gasteiger partial charge in [0, 0.05) is 11.6 Å². The fourth-order valence-corrected chi connectivity index (χ4v) is 1.93. The molecule has 7 heteroatoms. The number of fused-ring (bicyclic) bond motifs is 1. The first-order valence-electron chi connectivity index (χ1n) is 3.60. The molecular formula is C7H6O6S. The molecule has 0 bridgehead atoms. The Balaban J connectivity index is 2.70. The maximum Gasteiger partial charge on any atom is 0.501 e. The van der Waals surface area contributed by atoms with E-state index in [0.29, 0.717) is 0 Å². The van der Waals surface area contributed by atoms with Gasteiger partial charge in [0.15, 0.2) is 23.0 Å². The molecule has 1 heterocycles. The van der Waals surface area contributed by atoms with Gasteiger partial charge in [-0.1, -0.05) is 0 Å². The average molecular weight is 218 g/mol. The highest BCUT2D eigenvalue weighted by molar-refractivity contribution is 7.82. The third kappa shape index (κ3) is 1.13. The molecule has 0 fully saturated rings. The second-order valence-electron chi connectivity index (χ2n) is 2.77. The van der Waals surface area contributed by atoms with Crippen LogP contribution in [0.2, 0.25) is 0 Å². The third-order valence-electron chi connectivity index (χ3n) is 1.81. The fourth-order valence-electron chi connectivity index (χ4n) is 1.14. The van der Waals surface area contributed by atoms with Crippen LogP contribution in [0.15, 0.2) is 6.07 Å². The van der Waals surface area contributed by atoms with E-state index in [4.69, 9.17) is 5.11 Å². The first-order valence-corrected chi connectivity index (χ1v) is 4.93. The van der Waals surface area contributed by atoms with E-state index in [-0.39, 0.29) is 17.1 Å². The Hall–Kier alpha value is -1.63. The number of hydrogen-bond acceptors (Lipinski definition) is 6. The number of benzene rings is 1. The van der Waals surface area contributed by atoms with Gasteiger partial charge in [-0.3, -0.25) is 0 Å². The van der Waals surface area contributed by atoms with Crippen molar-refractivity contribution in [3.8, 4) is 23.0 Å². The highest BCUT2D eigenvalue weighted by Gasteiger charge is 2.32. The molecule has 0 radical (unpaired) electrons. The second kappa shape index (κ2) is 2.44. The summed E-state index contributed by atoms with van der Waals surface area (Å²) in [7, 11) is -4.08. The van der Waals surface area contributed by atoms with Gasteiger partial charge < -0.3 is 18.6 Å². The number of phenols is 2. The Labute approximate surface area is 79.6 Å². The van der Waals surface area contributed by atoms with Crippen LogP contribution in [0.3, 0.4) is 0 Å². The molecule has 0 unspecified atom stereocenters. The minimum Gasteiger partial charge on any atom is -0.504 e. The molecule has 1 aliphatic rings. The first kappa shape index (κ1) is 8.95. The lowest BCUT2D eigenvalue weighted by atomic mass is 10.2. The van der Waals surface area contributed by atoms with Crippen LogP contribution in [0.4, 0.5) is 0 Å². The van der Waals surface area contributed by atoms with Crippen molar-refractivity contribution in [3.63, 3.8) is 0 Å². The van der Waals surface area contributed by atoms with Gasteiger partial charge in [-0.2, -0.15) is 0 Å². The lowest BCUT2D eigenvalue weighted by Crippen LogP contribution is -2.08. The molecule has 0 saturated heterocycles. The summed E-state index contributed by atoms with van der Waals surface area (Å²) in [6.45, 7) is 1.40. The van der Waals surface area contributed by atoms with E-state index in [1.54, 1.807) is 0 Å². The van der Waals surface area contributed by atoms with Gasteiger partial charge in [-0.25, -0.2) is 0 Å². The third-order valence-corrected chi connectivity index (χ3v) is 2.56. The van der Waals surface area contributed by atoms with Crippen molar-refractivity contribution in [2.75, 3.05) is 0 Å². The van der Waals surface area contributed by atoms with E-state index < -0.39 is 21.9 Å². The minimum atomic E-state index is -4.08. The molecule has 1 aliphatic heterocycles. The second-order valence-corrected chi connectivity index (χ2v) is 3.92. The van der Waals surface area contributed by atoms with Crippen molar-refractivity contribution in [2.45, 2.75) is 6.92 Å². The summed E-state index contributed by atoms with van der Waals surface area (Å²) in [5.41, 5.74) is 0.112. The monoisotopic (exact) mass is 218 g/mol. The lowest BCUT2D eigenvalue weighted by Gasteiger charge is -2.02. The Morgan fingerprint density at radius 2 is 1.93 bits per heavy atom. The highest BCUT2D eigenvalue weighted by Crippen LogP contribution is 2.46. The predicted molar refractivity (Wildman–Crippen MR) is 44.7 cm³/mol.